The van der Waals surface area contributed by atoms with Crippen LogP contribution in [0.15, 0.2) is 30.9 Å². The number of amides is 1. The van der Waals surface area contributed by atoms with Gasteiger partial charge in [0.2, 0.25) is 5.91 Å². The van der Waals surface area contributed by atoms with Gasteiger partial charge in [0, 0.05) is 36.9 Å². The van der Waals surface area contributed by atoms with E-state index in [4.69, 9.17) is 20.2 Å². The van der Waals surface area contributed by atoms with Gasteiger partial charge in [-0.05, 0) is 25.0 Å². The molecule has 2 aromatic heterocycles. The average molecular weight is 410 g/mol. The number of methoxy groups -OCH3 is 2. The Balaban J connectivity index is 1.44. The lowest BCUT2D eigenvalue weighted by atomic mass is 9.91. The molecule has 9 nitrogen and oxygen atoms in total. The largest absolute Gasteiger partial charge is 0.493 e. The van der Waals surface area contributed by atoms with Gasteiger partial charge >= 0.3 is 0 Å². The van der Waals surface area contributed by atoms with Crippen molar-refractivity contribution in [3.05, 3.63) is 36.5 Å². The molecule has 0 spiro atoms. The fourth-order valence-corrected chi connectivity index (χ4v) is 3.98. The first kappa shape index (κ1) is 19.9. The Morgan fingerprint density at radius 1 is 1.17 bits per heavy atom. The number of rotatable bonds is 6. The summed E-state index contributed by atoms with van der Waals surface area (Å²) in [6.45, 7) is 1.95. The minimum Gasteiger partial charge on any atom is -0.493 e. The first-order valence-electron chi connectivity index (χ1n) is 10.0. The first-order valence-corrected chi connectivity index (χ1v) is 10.0. The Bertz CT molecular complexity index is 1030. The van der Waals surface area contributed by atoms with Gasteiger partial charge in [-0.1, -0.05) is 0 Å². The molecular weight excluding hydrogens is 384 g/mol. The normalized spacial score (nSPS) is 14.8. The van der Waals surface area contributed by atoms with Gasteiger partial charge in [0.25, 0.3) is 0 Å². The molecule has 158 valence electrons. The summed E-state index contributed by atoms with van der Waals surface area (Å²) in [5.41, 5.74) is 8.73. The van der Waals surface area contributed by atoms with Gasteiger partial charge in [0.05, 0.1) is 37.7 Å². The van der Waals surface area contributed by atoms with Crippen molar-refractivity contribution in [2.45, 2.75) is 31.7 Å². The summed E-state index contributed by atoms with van der Waals surface area (Å²) in [6.07, 6.45) is 5.20. The number of nitrogens with two attached hydrogens (primary N) is 1. The predicted molar refractivity (Wildman–Crippen MR) is 112 cm³/mol. The molecule has 4 rings (SSSR count). The third-order valence-electron chi connectivity index (χ3n) is 5.64. The summed E-state index contributed by atoms with van der Waals surface area (Å²) in [4.78, 5) is 23.2. The minimum absolute atomic E-state index is 0.139. The molecule has 0 atom stereocenters. The zero-order chi connectivity index (χ0) is 21.1. The minimum atomic E-state index is 0.139. The van der Waals surface area contributed by atoms with E-state index >= 15 is 0 Å². The number of nitrogens with zero attached hydrogens (tertiary/aromatic N) is 5. The average Bonchev–Trinajstić information content (AvgIpc) is 3.30. The molecule has 3 heterocycles. The van der Waals surface area contributed by atoms with Crippen LogP contribution in [0.25, 0.3) is 10.9 Å². The molecule has 1 fully saturated rings. The van der Waals surface area contributed by atoms with Crippen molar-refractivity contribution in [2.24, 2.45) is 0 Å². The number of anilines is 1. The van der Waals surface area contributed by atoms with E-state index in [1.165, 1.54) is 6.33 Å². The number of aryl methyl sites for hydroxylation is 1. The number of hydrogen-bond acceptors (Lipinski definition) is 7. The Morgan fingerprint density at radius 3 is 2.57 bits per heavy atom. The lowest BCUT2D eigenvalue weighted by Crippen LogP contribution is -2.38. The Labute approximate surface area is 174 Å². The van der Waals surface area contributed by atoms with E-state index in [-0.39, 0.29) is 11.8 Å². The number of aromatic nitrogens is 4. The highest BCUT2D eigenvalue weighted by atomic mass is 16.5. The lowest BCUT2D eigenvalue weighted by molar-refractivity contribution is -0.132. The number of pyridine rings is 1. The van der Waals surface area contributed by atoms with Gasteiger partial charge in [0.1, 0.15) is 12.7 Å². The highest BCUT2D eigenvalue weighted by Crippen LogP contribution is 2.36. The van der Waals surface area contributed by atoms with Crippen molar-refractivity contribution < 1.29 is 14.3 Å². The van der Waals surface area contributed by atoms with Crippen molar-refractivity contribution in [1.82, 2.24) is 24.6 Å². The molecule has 9 heteroatoms. The van der Waals surface area contributed by atoms with E-state index in [1.807, 2.05) is 23.1 Å². The molecule has 0 radical (unpaired) electrons. The molecule has 3 aromatic rings. The summed E-state index contributed by atoms with van der Waals surface area (Å²) in [5.74, 6) is 1.65. The maximum absolute atomic E-state index is 12.5. The van der Waals surface area contributed by atoms with Crippen LogP contribution in [0.4, 0.5) is 5.69 Å². The standard InChI is InChI=1S/C21H26N6O3/c1-29-18-10-15-9-16(22)21(25-17(15)11-19(18)30-2)14-3-6-26(7-4-14)20(28)5-8-27-13-23-12-24-27/h9-14H,3-8,22H2,1-2H3. The molecule has 2 N–H and O–H groups in total. The van der Waals surface area contributed by atoms with Crippen LogP contribution in [0.5, 0.6) is 11.5 Å². The number of fused-ring (bicyclic) bond motifs is 1. The number of likely N-dealkylation sites (tertiary alicyclic amines) is 1. The number of carbonyl (C=O) groups is 1. The van der Waals surface area contributed by atoms with E-state index in [9.17, 15) is 4.79 Å². The fraction of sp³-hybridized carbons (Fsp3) is 0.429. The molecular formula is C21H26N6O3. The molecule has 0 bridgehead atoms. The molecule has 1 aromatic carbocycles. The van der Waals surface area contributed by atoms with E-state index in [0.29, 0.717) is 43.2 Å². The summed E-state index contributed by atoms with van der Waals surface area (Å²) in [6, 6.07) is 5.70. The van der Waals surface area contributed by atoms with E-state index in [1.54, 1.807) is 25.2 Å². The number of carbonyl (C=O) groups excluding carboxylic acids is 1. The maximum atomic E-state index is 12.5. The molecule has 30 heavy (non-hydrogen) atoms. The summed E-state index contributed by atoms with van der Waals surface area (Å²) < 4.78 is 12.4. The highest BCUT2D eigenvalue weighted by Gasteiger charge is 2.26. The van der Waals surface area contributed by atoms with Gasteiger partial charge in [-0.25, -0.2) is 4.98 Å². The van der Waals surface area contributed by atoms with Crippen LogP contribution in [0, 0.1) is 0 Å². The monoisotopic (exact) mass is 410 g/mol. The Morgan fingerprint density at radius 2 is 1.90 bits per heavy atom. The zero-order valence-corrected chi connectivity index (χ0v) is 17.2. The lowest BCUT2D eigenvalue weighted by Gasteiger charge is -2.32. The first-order chi connectivity index (χ1) is 14.6. The topological polar surface area (TPSA) is 108 Å². The van der Waals surface area contributed by atoms with Crippen LogP contribution >= 0.6 is 0 Å². The number of piperidine rings is 1. The molecule has 0 saturated carbocycles. The van der Waals surface area contributed by atoms with Crippen LogP contribution in [0.3, 0.4) is 0 Å². The molecule has 1 amide bonds. The van der Waals surface area contributed by atoms with Gasteiger partial charge in [-0.3, -0.25) is 14.5 Å². The zero-order valence-electron chi connectivity index (χ0n) is 17.2. The van der Waals surface area contributed by atoms with Crippen molar-refractivity contribution >= 4 is 22.5 Å². The van der Waals surface area contributed by atoms with Gasteiger partial charge in [-0.2, -0.15) is 5.10 Å². The van der Waals surface area contributed by atoms with Crippen LogP contribution in [-0.4, -0.2) is 57.9 Å². The second-order valence-corrected chi connectivity index (χ2v) is 7.43. The van der Waals surface area contributed by atoms with Crippen molar-refractivity contribution in [1.29, 1.82) is 0 Å². The maximum Gasteiger partial charge on any atom is 0.224 e. The number of nitrogen functional groups attached to an aromatic ring is 1. The van der Waals surface area contributed by atoms with Crippen LogP contribution < -0.4 is 15.2 Å². The van der Waals surface area contributed by atoms with Crippen LogP contribution in [0.1, 0.15) is 30.9 Å². The summed E-state index contributed by atoms with van der Waals surface area (Å²) >= 11 is 0. The molecule has 1 aliphatic rings. The summed E-state index contributed by atoms with van der Waals surface area (Å²) in [7, 11) is 3.22. The smallest absolute Gasteiger partial charge is 0.224 e. The van der Waals surface area contributed by atoms with E-state index in [2.05, 4.69) is 10.1 Å². The van der Waals surface area contributed by atoms with Gasteiger partial charge in [0.15, 0.2) is 11.5 Å². The third-order valence-corrected chi connectivity index (χ3v) is 5.64. The number of benzene rings is 1. The van der Waals surface area contributed by atoms with E-state index in [0.717, 1.165) is 29.4 Å². The molecule has 0 unspecified atom stereocenters. The molecule has 0 aliphatic carbocycles. The van der Waals surface area contributed by atoms with Crippen LogP contribution in [-0.2, 0) is 11.3 Å². The third kappa shape index (κ3) is 4.00. The molecule has 1 saturated heterocycles. The SMILES string of the molecule is COc1cc2cc(N)c(C3CCN(C(=O)CCn4cncn4)CC3)nc2cc1OC. The number of hydrogen-bond donors (Lipinski definition) is 1. The predicted octanol–water partition coefficient (Wildman–Crippen LogP) is 2.22. The Hall–Kier alpha value is -3.36. The fourth-order valence-electron chi connectivity index (χ4n) is 3.98. The highest BCUT2D eigenvalue weighted by molar-refractivity contribution is 5.86. The molecule has 1 aliphatic heterocycles. The van der Waals surface area contributed by atoms with Crippen molar-refractivity contribution in [3.8, 4) is 11.5 Å². The second-order valence-electron chi connectivity index (χ2n) is 7.43. The Kier molecular flexibility index (Phi) is 5.69. The second kappa shape index (κ2) is 8.56. The number of ether oxygens (including phenoxy) is 2. The summed E-state index contributed by atoms with van der Waals surface area (Å²) in [5, 5.41) is 4.95. The van der Waals surface area contributed by atoms with Gasteiger partial charge < -0.3 is 20.1 Å². The van der Waals surface area contributed by atoms with E-state index < -0.39 is 0 Å². The van der Waals surface area contributed by atoms with Crippen molar-refractivity contribution in [3.63, 3.8) is 0 Å². The van der Waals surface area contributed by atoms with Crippen molar-refractivity contribution in [2.75, 3.05) is 33.0 Å². The van der Waals surface area contributed by atoms with Gasteiger partial charge in [-0.15, -0.1) is 0 Å². The quantitative estimate of drug-likeness (QED) is 0.664. The van der Waals surface area contributed by atoms with Crippen LogP contribution in [0.2, 0.25) is 0 Å².